The highest BCUT2D eigenvalue weighted by Gasteiger charge is 2.03. The molecular weight excluding hydrogens is 192 g/mol. The maximum atomic E-state index is 11.3. The van der Waals surface area contributed by atoms with Crippen LogP contribution in [0.5, 0.6) is 0 Å². The highest BCUT2D eigenvalue weighted by molar-refractivity contribution is 5.97. The minimum Gasteiger partial charge on any atom is -0.355 e. The predicted molar refractivity (Wildman–Crippen MR) is 57.6 cm³/mol. The monoisotopic (exact) mass is 202 g/mol. The predicted octanol–water partition coefficient (Wildman–Crippen LogP) is 2.08. The third-order valence-electron chi connectivity index (χ3n) is 1.72. The number of hydrogen-bond acceptors (Lipinski definition) is 2. The van der Waals surface area contributed by atoms with Gasteiger partial charge in [0.05, 0.1) is 0 Å². The number of nitrogens with zero attached hydrogens (tertiary/aromatic N) is 3. The van der Waals surface area contributed by atoms with Crippen LogP contribution >= 0.6 is 0 Å². The van der Waals surface area contributed by atoms with E-state index in [0.717, 1.165) is 5.56 Å². The van der Waals surface area contributed by atoms with E-state index in [1.54, 1.807) is 0 Å². The Morgan fingerprint density at radius 3 is 2.67 bits per heavy atom. The van der Waals surface area contributed by atoms with Gasteiger partial charge in [0.2, 0.25) is 0 Å². The molecule has 15 heavy (non-hydrogen) atoms. The Morgan fingerprint density at radius 2 is 2.13 bits per heavy atom. The third kappa shape index (κ3) is 3.17. The van der Waals surface area contributed by atoms with Crippen molar-refractivity contribution < 1.29 is 4.79 Å². The van der Waals surface area contributed by atoms with Gasteiger partial charge in [-0.25, -0.2) is 0 Å². The summed E-state index contributed by atoms with van der Waals surface area (Å²) in [6.45, 7) is 0. The van der Waals surface area contributed by atoms with E-state index in [0.29, 0.717) is 0 Å². The van der Waals surface area contributed by atoms with E-state index in [9.17, 15) is 4.79 Å². The van der Waals surface area contributed by atoms with Crippen molar-refractivity contribution in [2.75, 3.05) is 7.05 Å². The van der Waals surface area contributed by atoms with Crippen LogP contribution in [0.15, 0.2) is 41.1 Å². The van der Waals surface area contributed by atoms with Crippen LogP contribution in [-0.4, -0.2) is 13.0 Å². The molecule has 5 nitrogen and oxygen atoms in total. The average Bonchev–Trinajstić information content (AvgIpc) is 2.29. The molecule has 0 aromatic heterocycles. The van der Waals surface area contributed by atoms with Crippen LogP contribution in [0.25, 0.3) is 16.5 Å². The second kappa shape index (κ2) is 5.47. The molecule has 1 aromatic rings. The number of likely N-dealkylation sites (N-methyl/N-ethyl adjacent to an activating group) is 1. The maximum absolute atomic E-state index is 11.3. The third-order valence-corrected chi connectivity index (χ3v) is 1.72. The van der Waals surface area contributed by atoms with Gasteiger partial charge >= 0.3 is 0 Å². The lowest BCUT2D eigenvalue weighted by molar-refractivity contribution is -0.117. The van der Waals surface area contributed by atoms with E-state index >= 15 is 0 Å². The number of amides is 1. The van der Waals surface area contributed by atoms with Crippen molar-refractivity contribution >= 4 is 12.0 Å². The molecule has 0 unspecified atom stereocenters. The molecule has 0 aliphatic rings. The van der Waals surface area contributed by atoms with Crippen molar-refractivity contribution in [1.82, 2.24) is 5.32 Å². The zero-order valence-electron chi connectivity index (χ0n) is 8.21. The molecule has 0 fully saturated rings. The first kappa shape index (κ1) is 10.8. The molecule has 1 rings (SSSR count). The lowest BCUT2D eigenvalue weighted by Gasteiger charge is -1.98. The van der Waals surface area contributed by atoms with Gasteiger partial charge in [0.15, 0.2) is 0 Å². The highest BCUT2D eigenvalue weighted by Crippen LogP contribution is 2.07. The molecule has 1 N–H and O–H groups in total. The fourth-order valence-corrected chi connectivity index (χ4v) is 1.02. The van der Waals surface area contributed by atoms with Gasteiger partial charge in [-0.2, -0.15) is 0 Å². The lowest BCUT2D eigenvalue weighted by atomic mass is 10.2. The standard InChI is InChI=1S/C10H10N4O/c1-12-10(15)9(13-14-11)7-8-5-3-2-4-6-8/h2-7H,1H3,(H,12,15)/b9-7-. The van der Waals surface area contributed by atoms with Crippen molar-refractivity contribution in [2.45, 2.75) is 0 Å². The normalized spacial score (nSPS) is 10.3. The Kier molecular flexibility index (Phi) is 3.94. The number of azide groups is 1. The van der Waals surface area contributed by atoms with Crippen LogP contribution in [0.1, 0.15) is 5.56 Å². The summed E-state index contributed by atoms with van der Waals surface area (Å²) in [6.07, 6.45) is 1.53. The molecule has 0 radical (unpaired) electrons. The molecular formula is C10H10N4O. The average molecular weight is 202 g/mol. The van der Waals surface area contributed by atoms with Crippen LogP contribution in [0.2, 0.25) is 0 Å². The number of nitrogens with one attached hydrogen (secondary N) is 1. The Bertz CT molecular complexity index is 418. The van der Waals surface area contributed by atoms with Crippen LogP contribution in [0.3, 0.4) is 0 Å². The van der Waals surface area contributed by atoms with Gasteiger partial charge in [0, 0.05) is 12.0 Å². The maximum Gasteiger partial charge on any atom is 0.253 e. The molecule has 0 aliphatic heterocycles. The molecule has 0 aliphatic carbocycles. The summed E-state index contributed by atoms with van der Waals surface area (Å²) in [5.41, 5.74) is 9.15. The van der Waals surface area contributed by atoms with E-state index < -0.39 is 5.91 Å². The van der Waals surface area contributed by atoms with Gasteiger partial charge in [0.25, 0.3) is 5.91 Å². The van der Waals surface area contributed by atoms with Crippen LogP contribution in [0, 0.1) is 0 Å². The first-order valence-electron chi connectivity index (χ1n) is 4.32. The first-order valence-corrected chi connectivity index (χ1v) is 4.32. The summed E-state index contributed by atoms with van der Waals surface area (Å²) >= 11 is 0. The van der Waals surface area contributed by atoms with Crippen molar-refractivity contribution in [3.05, 3.63) is 52.0 Å². The molecule has 0 saturated heterocycles. The minimum atomic E-state index is -0.406. The van der Waals surface area contributed by atoms with Gasteiger partial charge in [-0.15, -0.1) is 0 Å². The molecule has 1 aromatic carbocycles. The number of rotatable bonds is 3. The first-order chi connectivity index (χ1) is 7.27. The molecule has 1 amide bonds. The van der Waals surface area contributed by atoms with Crippen molar-refractivity contribution in [3.63, 3.8) is 0 Å². The Labute approximate surface area is 87.0 Å². The topological polar surface area (TPSA) is 77.9 Å². The molecule has 0 atom stereocenters. The van der Waals surface area contributed by atoms with Crippen molar-refractivity contribution in [2.24, 2.45) is 5.11 Å². The van der Waals surface area contributed by atoms with E-state index in [2.05, 4.69) is 15.3 Å². The number of hydrogen-bond donors (Lipinski definition) is 1. The van der Waals surface area contributed by atoms with Gasteiger partial charge in [-0.1, -0.05) is 35.4 Å². The minimum absolute atomic E-state index is 0.0474. The molecule has 0 spiro atoms. The summed E-state index contributed by atoms with van der Waals surface area (Å²) < 4.78 is 0. The smallest absolute Gasteiger partial charge is 0.253 e. The second-order valence-electron chi connectivity index (χ2n) is 2.71. The Hall–Kier alpha value is -2.26. The van der Waals surface area contributed by atoms with Gasteiger partial charge < -0.3 is 5.32 Å². The second-order valence-corrected chi connectivity index (χ2v) is 2.71. The molecule has 5 heteroatoms. The fraction of sp³-hybridized carbons (Fsp3) is 0.100. The fourth-order valence-electron chi connectivity index (χ4n) is 1.02. The number of carbonyl (C=O) groups is 1. The summed E-state index contributed by atoms with van der Waals surface area (Å²) in [5, 5.41) is 5.72. The van der Waals surface area contributed by atoms with E-state index in [4.69, 9.17) is 5.53 Å². The van der Waals surface area contributed by atoms with E-state index in [1.165, 1.54) is 13.1 Å². The molecule has 0 bridgehead atoms. The van der Waals surface area contributed by atoms with Crippen LogP contribution in [-0.2, 0) is 4.79 Å². The molecule has 76 valence electrons. The number of carbonyl (C=O) groups excluding carboxylic acids is 1. The molecule has 0 saturated carbocycles. The Morgan fingerprint density at radius 1 is 1.47 bits per heavy atom. The summed E-state index contributed by atoms with van der Waals surface area (Å²) in [6, 6.07) is 9.17. The quantitative estimate of drug-likeness (QED) is 0.346. The summed E-state index contributed by atoms with van der Waals surface area (Å²) in [5.74, 6) is -0.406. The summed E-state index contributed by atoms with van der Waals surface area (Å²) in [4.78, 5) is 13.9. The molecule has 0 heterocycles. The van der Waals surface area contributed by atoms with Gasteiger partial charge in [-0.05, 0) is 17.2 Å². The Balaban J connectivity index is 3.04. The zero-order valence-corrected chi connectivity index (χ0v) is 8.21. The zero-order chi connectivity index (χ0) is 11.1. The highest BCUT2D eigenvalue weighted by atomic mass is 16.1. The van der Waals surface area contributed by atoms with E-state index in [1.807, 2.05) is 30.3 Å². The SMILES string of the molecule is CNC(=O)/C(=C/c1ccccc1)N=[N+]=[N-]. The summed E-state index contributed by atoms with van der Waals surface area (Å²) in [7, 11) is 1.48. The number of benzene rings is 1. The van der Waals surface area contributed by atoms with Crippen molar-refractivity contribution in [1.29, 1.82) is 0 Å². The van der Waals surface area contributed by atoms with Gasteiger partial charge in [0.1, 0.15) is 5.70 Å². The van der Waals surface area contributed by atoms with Crippen molar-refractivity contribution in [3.8, 4) is 0 Å². The lowest BCUT2D eigenvalue weighted by Crippen LogP contribution is -2.18. The largest absolute Gasteiger partial charge is 0.355 e. The van der Waals surface area contributed by atoms with Crippen LogP contribution in [0.4, 0.5) is 0 Å². The van der Waals surface area contributed by atoms with Crippen LogP contribution < -0.4 is 5.32 Å². The van der Waals surface area contributed by atoms with E-state index in [-0.39, 0.29) is 5.70 Å². The van der Waals surface area contributed by atoms with Gasteiger partial charge in [-0.3, -0.25) is 4.79 Å².